The van der Waals surface area contributed by atoms with Gasteiger partial charge in [0, 0.05) is 23.6 Å². The van der Waals surface area contributed by atoms with E-state index in [4.69, 9.17) is 5.73 Å². The molecule has 0 aliphatic carbocycles. The number of carbonyl (C=O) groups is 1. The van der Waals surface area contributed by atoms with Crippen molar-refractivity contribution in [1.29, 1.82) is 0 Å². The van der Waals surface area contributed by atoms with Crippen LogP contribution in [-0.4, -0.2) is 27.0 Å². The monoisotopic (exact) mass is 291 g/mol. The number of aromatic nitrogens is 3. The maximum atomic E-state index is 12.1. The first-order valence-electron chi connectivity index (χ1n) is 6.65. The van der Waals surface area contributed by atoms with Gasteiger partial charge in [0.1, 0.15) is 5.56 Å². The molecule has 2 heterocycles. The van der Waals surface area contributed by atoms with Gasteiger partial charge < -0.3 is 11.1 Å². The molecule has 6 heteroatoms. The Morgan fingerprint density at radius 3 is 2.95 bits per heavy atom. The Morgan fingerprint density at radius 2 is 2.14 bits per heavy atom. The van der Waals surface area contributed by atoms with E-state index < -0.39 is 0 Å². The van der Waals surface area contributed by atoms with Gasteiger partial charge in [0.15, 0.2) is 5.65 Å². The molecule has 1 aromatic carbocycles. The molecule has 108 valence electrons. The predicted octanol–water partition coefficient (Wildman–Crippen LogP) is 1.09. The number of rotatable bonds is 2. The van der Waals surface area contributed by atoms with Crippen molar-refractivity contribution in [2.24, 2.45) is 0 Å². The van der Waals surface area contributed by atoms with Gasteiger partial charge >= 0.3 is 0 Å². The number of nitrogens with zero attached hydrogens (tertiary/aromatic N) is 3. The summed E-state index contributed by atoms with van der Waals surface area (Å²) in [6.07, 6.45) is 4.85. The third-order valence-corrected chi connectivity index (χ3v) is 3.00. The fraction of sp³-hybridized carbons (Fsp3) is 0.0625. The van der Waals surface area contributed by atoms with E-state index in [0.29, 0.717) is 16.9 Å². The largest absolute Gasteiger partial charge is 0.399 e. The van der Waals surface area contributed by atoms with Crippen molar-refractivity contribution in [2.45, 2.75) is 0 Å². The standard InChI is InChI=1S/C16H13N5O/c17-13-6-4-12(5-7-13)3-1-8-19-16(22)14-11-20-21-10-2-9-18-15(14)21/h2,4-7,9-11H,8,17H2,(H,19,22). The predicted molar refractivity (Wildman–Crippen MR) is 83.1 cm³/mol. The first kappa shape index (κ1) is 13.6. The van der Waals surface area contributed by atoms with Crippen LogP contribution in [0.2, 0.25) is 0 Å². The van der Waals surface area contributed by atoms with E-state index in [9.17, 15) is 4.79 Å². The van der Waals surface area contributed by atoms with Crippen molar-refractivity contribution in [3.63, 3.8) is 0 Å². The van der Waals surface area contributed by atoms with E-state index in [-0.39, 0.29) is 12.5 Å². The summed E-state index contributed by atoms with van der Waals surface area (Å²) in [7, 11) is 0. The minimum absolute atomic E-state index is 0.243. The maximum absolute atomic E-state index is 12.1. The van der Waals surface area contributed by atoms with Crippen LogP contribution < -0.4 is 11.1 Å². The lowest BCUT2D eigenvalue weighted by Crippen LogP contribution is -2.23. The van der Waals surface area contributed by atoms with E-state index in [2.05, 4.69) is 27.2 Å². The molecular weight excluding hydrogens is 278 g/mol. The number of fused-ring (bicyclic) bond motifs is 1. The Morgan fingerprint density at radius 1 is 1.32 bits per heavy atom. The van der Waals surface area contributed by atoms with Crippen molar-refractivity contribution < 1.29 is 4.79 Å². The van der Waals surface area contributed by atoms with Crippen LogP contribution in [0.5, 0.6) is 0 Å². The minimum Gasteiger partial charge on any atom is -0.399 e. The highest BCUT2D eigenvalue weighted by Crippen LogP contribution is 2.06. The van der Waals surface area contributed by atoms with E-state index in [1.165, 1.54) is 6.20 Å². The Kier molecular flexibility index (Phi) is 3.70. The summed E-state index contributed by atoms with van der Waals surface area (Å²) in [5.74, 6) is 5.59. The summed E-state index contributed by atoms with van der Waals surface area (Å²) in [4.78, 5) is 16.2. The molecule has 0 unspecified atom stereocenters. The van der Waals surface area contributed by atoms with Gasteiger partial charge in [-0.1, -0.05) is 11.8 Å². The average molecular weight is 291 g/mol. The van der Waals surface area contributed by atoms with Gasteiger partial charge in [-0.2, -0.15) is 5.10 Å². The number of anilines is 1. The zero-order valence-corrected chi connectivity index (χ0v) is 11.7. The summed E-state index contributed by atoms with van der Waals surface area (Å²) in [6.45, 7) is 0.243. The fourth-order valence-corrected chi connectivity index (χ4v) is 1.92. The molecule has 3 aromatic rings. The van der Waals surface area contributed by atoms with Gasteiger partial charge in [0.05, 0.1) is 12.7 Å². The number of hydrogen-bond donors (Lipinski definition) is 2. The fourth-order valence-electron chi connectivity index (χ4n) is 1.92. The van der Waals surface area contributed by atoms with Crippen LogP contribution in [0.3, 0.4) is 0 Å². The summed E-state index contributed by atoms with van der Waals surface area (Å²) < 4.78 is 1.55. The lowest BCUT2D eigenvalue weighted by atomic mass is 10.2. The molecule has 0 saturated carbocycles. The molecule has 3 rings (SSSR count). The molecule has 22 heavy (non-hydrogen) atoms. The lowest BCUT2D eigenvalue weighted by molar-refractivity contribution is 0.0960. The second kappa shape index (κ2) is 5.97. The number of carbonyl (C=O) groups excluding carboxylic acids is 1. The molecule has 0 aliphatic rings. The van der Waals surface area contributed by atoms with Gasteiger partial charge in [-0.05, 0) is 30.3 Å². The highest BCUT2D eigenvalue weighted by atomic mass is 16.1. The number of benzene rings is 1. The number of hydrogen-bond acceptors (Lipinski definition) is 4. The van der Waals surface area contributed by atoms with Crippen LogP contribution >= 0.6 is 0 Å². The van der Waals surface area contributed by atoms with Crippen molar-refractivity contribution in [1.82, 2.24) is 19.9 Å². The lowest BCUT2D eigenvalue weighted by Gasteiger charge is -1.98. The molecule has 1 amide bonds. The summed E-state index contributed by atoms with van der Waals surface area (Å²) in [6, 6.07) is 8.99. The third kappa shape index (κ3) is 2.88. The van der Waals surface area contributed by atoms with Crippen molar-refractivity contribution in [3.8, 4) is 11.8 Å². The van der Waals surface area contributed by atoms with E-state index in [0.717, 1.165) is 5.56 Å². The zero-order valence-electron chi connectivity index (χ0n) is 11.7. The molecular formula is C16H13N5O. The first-order valence-corrected chi connectivity index (χ1v) is 6.65. The van der Waals surface area contributed by atoms with Gasteiger partial charge in [0.2, 0.25) is 0 Å². The summed E-state index contributed by atoms with van der Waals surface area (Å²) in [5.41, 5.74) is 8.09. The maximum Gasteiger partial charge on any atom is 0.257 e. The highest BCUT2D eigenvalue weighted by Gasteiger charge is 2.12. The second-order valence-corrected chi connectivity index (χ2v) is 4.55. The molecule has 0 spiro atoms. The van der Waals surface area contributed by atoms with Crippen molar-refractivity contribution in [2.75, 3.05) is 12.3 Å². The Balaban J connectivity index is 1.65. The Labute approximate surface area is 127 Å². The van der Waals surface area contributed by atoms with E-state index in [1.54, 1.807) is 35.1 Å². The van der Waals surface area contributed by atoms with Crippen LogP contribution in [-0.2, 0) is 0 Å². The Bertz CT molecular complexity index is 871. The number of nitrogen functional groups attached to an aromatic ring is 1. The summed E-state index contributed by atoms with van der Waals surface area (Å²) >= 11 is 0. The molecule has 2 aromatic heterocycles. The number of nitrogens with one attached hydrogen (secondary N) is 1. The van der Waals surface area contributed by atoms with Crippen LogP contribution in [0.15, 0.2) is 48.9 Å². The smallest absolute Gasteiger partial charge is 0.257 e. The average Bonchev–Trinajstić information content (AvgIpc) is 2.97. The minimum atomic E-state index is -0.250. The molecule has 6 nitrogen and oxygen atoms in total. The molecule has 0 saturated heterocycles. The molecule has 0 atom stereocenters. The van der Waals surface area contributed by atoms with Gasteiger partial charge in [0.25, 0.3) is 5.91 Å². The van der Waals surface area contributed by atoms with Crippen molar-refractivity contribution in [3.05, 3.63) is 60.0 Å². The molecule has 0 bridgehead atoms. The third-order valence-electron chi connectivity index (χ3n) is 3.00. The molecule has 3 N–H and O–H groups in total. The number of amides is 1. The topological polar surface area (TPSA) is 85.3 Å². The van der Waals surface area contributed by atoms with Gasteiger partial charge in [-0.25, -0.2) is 9.50 Å². The quantitative estimate of drug-likeness (QED) is 0.547. The van der Waals surface area contributed by atoms with Crippen LogP contribution in [0.25, 0.3) is 5.65 Å². The van der Waals surface area contributed by atoms with E-state index in [1.807, 2.05) is 12.1 Å². The van der Waals surface area contributed by atoms with Gasteiger partial charge in [-0.3, -0.25) is 4.79 Å². The van der Waals surface area contributed by atoms with Crippen LogP contribution in [0.1, 0.15) is 15.9 Å². The van der Waals surface area contributed by atoms with Crippen LogP contribution in [0.4, 0.5) is 5.69 Å². The Hall–Kier alpha value is -3.33. The molecule has 0 radical (unpaired) electrons. The second-order valence-electron chi connectivity index (χ2n) is 4.55. The normalized spacial score (nSPS) is 10.0. The van der Waals surface area contributed by atoms with E-state index >= 15 is 0 Å². The number of nitrogens with two attached hydrogens (primary N) is 1. The highest BCUT2D eigenvalue weighted by molar-refractivity contribution is 5.99. The van der Waals surface area contributed by atoms with Crippen molar-refractivity contribution >= 4 is 17.2 Å². The SMILES string of the molecule is Nc1ccc(C#CCNC(=O)c2cnn3cccnc23)cc1. The molecule has 0 fully saturated rings. The summed E-state index contributed by atoms with van der Waals surface area (Å²) in [5, 5.41) is 6.80. The zero-order chi connectivity index (χ0) is 15.4. The van der Waals surface area contributed by atoms with Crippen LogP contribution in [0, 0.1) is 11.8 Å². The van der Waals surface area contributed by atoms with Gasteiger partial charge in [-0.15, -0.1) is 0 Å². The first-order chi connectivity index (χ1) is 10.7. The molecule has 0 aliphatic heterocycles.